The molecule has 0 aromatic heterocycles. The van der Waals surface area contributed by atoms with E-state index in [1.807, 2.05) is 6.92 Å². The molecule has 0 saturated carbocycles. The van der Waals surface area contributed by atoms with Gasteiger partial charge in [-0.15, -0.1) is 0 Å². The van der Waals surface area contributed by atoms with E-state index in [1.54, 1.807) is 19.9 Å². The van der Waals surface area contributed by atoms with Crippen LogP contribution in [0.5, 0.6) is 0 Å². The summed E-state index contributed by atoms with van der Waals surface area (Å²) in [5.74, 6) is 0.677. The van der Waals surface area contributed by atoms with Crippen molar-refractivity contribution in [3.8, 4) is 0 Å². The summed E-state index contributed by atoms with van der Waals surface area (Å²) in [7, 11) is -3.57. The van der Waals surface area contributed by atoms with Gasteiger partial charge in [0.15, 0.2) is 0 Å². The molecule has 0 aliphatic heterocycles. The third-order valence-corrected chi connectivity index (χ3v) is 5.12. The van der Waals surface area contributed by atoms with Crippen LogP contribution in [-0.2, 0) is 18.1 Å². The second-order valence-electron chi connectivity index (χ2n) is 5.04. The highest BCUT2D eigenvalue weighted by molar-refractivity contribution is 7.48. The van der Waals surface area contributed by atoms with E-state index in [0.717, 1.165) is 19.3 Å². The van der Waals surface area contributed by atoms with Gasteiger partial charge in [-0.25, -0.2) is 4.57 Å². The average molecular weight is 306 g/mol. The molecule has 0 radical (unpaired) electrons. The maximum Gasteiger partial charge on any atom is 0.529 e. The molecule has 0 aromatic carbocycles. The van der Waals surface area contributed by atoms with Gasteiger partial charge in [0, 0.05) is 5.92 Å². The molecule has 0 unspecified atom stereocenters. The van der Waals surface area contributed by atoms with Crippen LogP contribution in [0.4, 0.5) is 0 Å². The van der Waals surface area contributed by atoms with Crippen molar-refractivity contribution in [1.82, 2.24) is 0 Å². The first-order chi connectivity index (χ1) is 9.47. The largest absolute Gasteiger partial charge is 0.529 e. The molecule has 3 atom stereocenters. The predicted octanol–water partition coefficient (Wildman–Crippen LogP) is 3.89. The smallest absolute Gasteiger partial charge is 0.408 e. The molecule has 1 N–H and O–H groups in total. The third kappa shape index (κ3) is 4.59. The summed E-state index contributed by atoms with van der Waals surface area (Å²) in [5.41, 5.74) is 0. The molecule has 5 nitrogen and oxygen atoms in total. The lowest BCUT2D eigenvalue weighted by Gasteiger charge is -2.24. The molecule has 0 fully saturated rings. The normalized spacial score (nSPS) is 26.6. The molecule has 0 heterocycles. The van der Waals surface area contributed by atoms with Crippen LogP contribution in [0.1, 0.15) is 47.0 Å². The number of aliphatic hydroxyl groups excluding tert-OH is 1. The number of hydrogen-bond donors (Lipinski definition) is 1. The molecule has 0 spiro atoms. The van der Waals surface area contributed by atoms with Crippen LogP contribution in [0.3, 0.4) is 0 Å². The van der Waals surface area contributed by atoms with Gasteiger partial charge in [-0.2, -0.15) is 0 Å². The van der Waals surface area contributed by atoms with Gasteiger partial charge in [0.05, 0.1) is 19.3 Å². The zero-order valence-corrected chi connectivity index (χ0v) is 13.8. The van der Waals surface area contributed by atoms with Gasteiger partial charge < -0.3 is 9.63 Å². The van der Waals surface area contributed by atoms with Gasteiger partial charge in [-0.05, 0) is 32.3 Å². The fourth-order valence-corrected chi connectivity index (χ4v) is 3.67. The van der Waals surface area contributed by atoms with Gasteiger partial charge in [0.2, 0.25) is 0 Å². The highest BCUT2D eigenvalue weighted by Crippen LogP contribution is 2.54. The Kier molecular flexibility index (Phi) is 7.24. The highest BCUT2D eigenvalue weighted by atomic mass is 31.2. The van der Waals surface area contributed by atoms with E-state index in [4.69, 9.17) is 13.6 Å². The number of phosphoric ester groups is 1. The van der Waals surface area contributed by atoms with Crippen LogP contribution in [0.15, 0.2) is 11.8 Å². The maximum atomic E-state index is 12.4. The highest BCUT2D eigenvalue weighted by Gasteiger charge is 2.39. The van der Waals surface area contributed by atoms with E-state index < -0.39 is 13.9 Å². The first kappa shape index (κ1) is 17.7. The summed E-state index contributed by atoms with van der Waals surface area (Å²) >= 11 is 0. The molecule has 1 aliphatic carbocycles. The Morgan fingerprint density at radius 1 is 1.25 bits per heavy atom. The predicted molar refractivity (Wildman–Crippen MR) is 78.2 cm³/mol. The van der Waals surface area contributed by atoms with Crippen molar-refractivity contribution in [2.45, 2.75) is 53.1 Å². The molecule has 6 heteroatoms. The Hall–Kier alpha value is -0.350. The minimum Gasteiger partial charge on any atom is -0.408 e. The van der Waals surface area contributed by atoms with Crippen LogP contribution >= 0.6 is 7.82 Å². The first-order valence-electron chi connectivity index (χ1n) is 7.45. The molecule has 0 aromatic rings. The van der Waals surface area contributed by atoms with Crippen molar-refractivity contribution < 1.29 is 23.2 Å². The van der Waals surface area contributed by atoms with Crippen LogP contribution in [0.2, 0.25) is 0 Å². The van der Waals surface area contributed by atoms with Crippen molar-refractivity contribution >= 4 is 7.82 Å². The summed E-state index contributed by atoms with van der Waals surface area (Å²) in [4.78, 5) is 0. The quantitative estimate of drug-likeness (QED) is 0.655. The van der Waals surface area contributed by atoms with Gasteiger partial charge in [0.1, 0.15) is 5.76 Å². The minimum atomic E-state index is -3.57. The number of phosphoric acid groups is 1. The number of rotatable bonds is 9. The second-order valence-corrected chi connectivity index (χ2v) is 6.63. The molecule has 0 saturated heterocycles. The van der Waals surface area contributed by atoms with Gasteiger partial charge in [-0.3, -0.25) is 9.05 Å². The van der Waals surface area contributed by atoms with E-state index in [9.17, 15) is 9.67 Å². The lowest BCUT2D eigenvalue weighted by Crippen LogP contribution is -2.18. The lowest BCUT2D eigenvalue weighted by atomic mass is 9.90. The van der Waals surface area contributed by atoms with E-state index >= 15 is 0 Å². The fraction of sp³-hybridized carbons (Fsp3) is 0.857. The number of allylic oxidation sites excluding steroid dienone is 1. The lowest BCUT2D eigenvalue weighted by molar-refractivity contribution is 0.121. The molecule has 1 aliphatic rings. The SMILES string of the molecule is CCCC[C@@H]1C(OP(=O)(OCC)OCC)=C[C@@H](O)[C@@H]1C. The zero-order chi connectivity index (χ0) is 15.2. The Morgan fingerprint density at radius 2 is 1.85 bits per heavy atom. The summed E-state index contributed by atoms with van der Waals surface area (Å²) in [6.07, 6.45) is 4.08. The topological polar surface area (TPSA) is 65.0 Å². The van der Waals surface area contributed by atoms with Crippen LogP contribution in [0.25, 0.3) is 0 Å². The molecule has 0 bridgehead atoms. The van der Waals surface area contributed by atoms with E-state index in [1.165, 1.54) is 0 Å². The molecule has 1 rings (SSSR count). The van der Waals surface area contributed by atoms with Crippen LogP contribution < -0.4 is 0 Å². The Bertz CT molecular complexity index is 359. The van der Waals surface area contributed by atoms with Gasteiger partial charge in [0.25, 0.3) is 0 Å². The number of aliphatic hydroxyl groups is 1. The Morgan fingerprint density at radius 3 is 2.35 bits per heavy atom. The minimum absolute atomic E-state index is 0.0632. The van der Waals surface area contributed by atoms with Gasteiger partial charge in [-0.1, -0.05) is 26.7 Å². The van der Waals surface area contributed by atoms with E-state index in [0.29, 0.717) is 5.76 Å². The monoisotopic (exact) mass is 306 g/mol. The Balaban J connectivity index is 2.80. The summed E-state index contributed by atoms with van der Waals surface area (Å²) in [5, 5.41) is 9.97. The van der Waals surface area contributed by atoms with Crippen LogP contribution in [-0.4, -0.2) is 24.4 Å². The summed E-state index contributed by atoms with van der Waals surface area (Å²) < 4.78 is 28.2. The van der Waals surface area contributed by atoms with Gasteiger partial charge >= 0.3 is 7.82 Å². The summed E-state index contributed by atoms with van der Waals surface area (Å²) in [6.45, 7) is 8.08. The Labute approximate surface area is 121 Å². The van der Waals surface area contributed by atoms with Crippen LogP contribution in [0, 0.1) is 11.8 Å². The molecular weight excluding hydrogens is 279 g/mol. The maximum absolute atomic E-state index is 12.4. The van der Waals surface area contributed by atoms with Crippen molar-refractivity contribution in [1.29, 1.82) is 0 Å². The average Bonchev–Trinajstić information content (AvgIpc) is 2.63. The molecule has 0 amide bonds. The fourth-order valence-electron chi connectivity index (χ4n) is 2.40. The molecule has 20 heavy (non-hydrogen) atoms. The third-order valence-electron chi connectivity index (χ3n) is 3.53. The van der Waals surface area contributed by atoms with Crippen molar-refractivity contribution in [3.63, 3.8) is 0 Å². The number of hydrogen-bond acceptors (Lipinski definition) is 5. The van der Waals surface area contributed by atoms with Crippen molar-refractivity contribution in [2.75, 3.05) is 13.2 Å². The summed E-state index contributed by atoms with van der Waals surface area (Å²) in [6, 6.07) is 0. The molecular formula is C14H27O5P. The zero-order valence-electron chi connectivity index (χ0n) is 12.9. The second kappa shape index (κ2) is 8.18. The molecule has 118 valence electrons. The number of unbranched alkanes of at least 4 members (excludes halogenated alkanes) is 1. The van der Waals surface area contributed by atoms with Crippen molar-refractivity contribution in [3.05, 3.63) is 11.8 Å². The first-order valence-corrected chi connectivity index (χ1v) is 8.91. The van der Waals surface area contributed by atoms with Crippen molar-refractivity contribution in [2.24, 2.45) is 11.8 Å². The van der Waals surface area contributed by atoms with E-state index in [2.05, 4.69) is 6.92 Å². The standard InChI is InChI=1S/C14H27O5P/c1-5-8-9-12-11(4)13(15)10-14(12)19-20(16,17-6-2)18-7-3/h10-13,15H,5-9H2,1-4H3/t11-,12+,13-/m1/s1. The van der Waals surface area contributed by atoms with E-state index in [-0.39, 0.29) is 25.0 Å².